The Balaban J connectivity index is 2.35. The Hall–Kier alpha value is -1.04. The second-order valence-corrected chi connectivity index (χ2v) is 3.38. The van der Waals surface area contributed by atoms with Crippen molar-refractivity contribution < 1.29 is 9.47 Å². The first-order valence-electron chi connectivity index (χ1n) is 5.36. The summed E-state index contributed by atoms with van der Waals surface area (Å²) in [5.41, 5.74) is 0.997. The summed E-state index contributed by atoms with van der Waals surface area (Å²) in [6.07, 6.45) is 2.54. The molecule has 0 aromatic carbocycles. The molecule has 16 heavy (non-hydrogen) atoms. The predicted molar refractivity (Wildman–Crippen MR) is 61.2 cm³/mol. The molecule has 1 N–H and O–H groups in total. The van der Waals surface area contributed by atoms with Crippen molar-refractivity contribution in [3.63, 3.8) is 0 Å². The third-order valence-electron chi connectivity index (χ3n) is 2.08. The Bertz CT molecular complexity index is 294. The average molecular weight is 225 g/mol. The van der Waals surface area contributed by atoms with E-state index in [0.717, 1.165) is 31.0 Å². The molecule has 0 radical (unpaired) electrons. The quantitative estimate of drug-likeness (QED) is 0.649. The molecule has 1 rings (SSSR count). The fourth-order valence-electron chi connectivity index (χ4n) is 1.24. The molecule has 0 saturated carbocycles. The van der Waals surface area contributed by atoms with Gasteiger partial charge in [0.2, 0.25) is 0 Å². The highest BCUT2D eigenvalue weighted by Gasteiger charge is 1.99. The number of methoxy groups -OCH3 is 2. The van der Waals surface area contributed by atoms with Gasteiger partial charge in [-0.15, -0.1) is 0 Å². The first-order chi connectivity index (χ1) is 7.86. The Morgan fingerprint density at radius 1 is 1.25 bits per heavy atom. The van der Waals surface area contributed by atoms with Gasteiger partial charge in [0, 0.05) is 39.9 Å². The van der Waals surface area contributed by atoms with Gasteiger partial charge in [-0.1, -0.05) is 0 Å². The minimum Gasteiger partial charge on any atom is -0.384 e. The molecular weight excluding hydrogens is 206 g/mol. The van der Waals surface area contributed by atoms with E-state index in [1.807, 2.05) is 6.07 Å². The van der Waals surface area contributed by atoms with Crippen LogP contribution in [0.25, 0.3) is 0 Å². The van der Waals surface area contributed by atoms with Crippen LogP contribution >= 0.6 is 0 Å². The van der Waals surface area contributed by atoms with Crippen molar-refractivity contribution in [1.29, 1.82) is 0 Å². The zero-order valence-corrected chi connectivity index (χ0v) is 9.90. The van der Waals surface area contributed by atoms with Crippen LogP contribution in [-0.2, 0) is 22.4 Å². The maximum Gasteiger partial charge on any atom is 0.130 e. The summed E-state index contributed by atoms with van der Waals surface area (Å²) in [6.45, 7) is 2.93. The number of aromatic nitrogens is 2. The fraction of sp³-hybridized carbons (Fsp3) is 0.636. The molecule has 0 unspecified atom stereocenters. The van der Waals surface area contributed by atoms with E-state index in [-0.39, 0.29) is 0 Å². The lowest BCUT2D eigenvalue weighted by Gasteiger charge is -2.05. The summed E-state index contributed by atoms with van der Waals surface area (Å²) >= 11 is 0. The smallest absolute Gasteiger partial charge is 0.130 e. The SMILES string of the molecule is COCCNCc1ccnc(CCOC)n1. The van der Waals surface area contributed by atoms with Crippen LogP contribution in [0.1, 0.15) is 11.5 Å². The van der Waals surface area contributed by atoms with Gasteiger partial charge in [0.15, 0.2) is 0 Å². The predicted octanol–water partition coefficient (Wildman–Crippen LogP) is 0.401. The van der Waals surface area contributed by atoms with Gasteiger partial charge >= 0.3 is 0 Å². The monoisotopic (exact) mass is 225 g/mol. The second kappa shape index (κ2) is 8.15. The van der Waals surface area contributed by atoms with Crippen LogP contribution in [0.15, 0.2) is 12.3 Å². The Kier molecular flexibility index (Phi) is 6.64. The number of hydrogen-bond donors (Lipinski definition) is 1. The van der Waals surface area contributed by atoms with Crippen molar-refractivity contribution in [2.24, 2.45) is 0 Å². The van der Waals surface area contributed by atoms with Gasteiger partial charge < -0.3 is 14.8 Å². The van der Waals surface area contributed by atoms with Gasteiger partial charge in [0.1, 0.15) is 5.82 Å². The lowest BCUT2D eigenvalue weighted by Crippen LogP contribution is -2.19. The standard InChI is InChI=1S/C11H19N3O2/c1-15-7-4-11-13-5-3-10(14-11)9-12-6-8-16-2/h3,5,12H,4,6-9H2,1-2H3. The van der Waals surface area contributed by atoms with Crippen LogP contribution in [0.5, 0.6) is 0 Å². The van der Waals surface area contributed by atoms with Crippen LogP contribution in [-0.4, -0.2) is 43.9 Å². The van der Waals surface area contributed by atoms with Crippen molar-refractivity contribution >= 4 is 0 Å². The van der Waals surface area contributed by atoms with Crippen LogP contribution in [0, 0.1) is 0 Å². The third kappa shape index (κ3) is 5.16. The molecule has 0 aliphatic carbocycles. The van der Waals surface area contributed by atoms with E-state index < -0.39 is 0 Å². The average Bonchev–Trinajstić information content (AvgIpc) is 2.33. The normalized spacial score (nSPS) is 10.6. The number of hydrogen-bond acceptors (Lipinski definition) is 5. The molecule has 0 aliphatic heterocycles. The summed E-state index contributed by atoms with van der Waals surface area (Å²) in [5, 5.41) is 3.24. The lowest BCUT2D eigenvalue weighted by atomic mass is 10.3. The Morgan fingerprint density at radius 2 is 2.06 bits per heavy atom. The summed E-state index contributed by atoms with van der Waals surface area (Å²) in [7, 11) is 3.37. The Morgan fingerprint density at radius 3 is 2.81 bits per heavy atom. The van der Waals surface area contributed by atoms with Crippen molar-refractivity contribution in [2.75, 3.05) is 34.0 Å². The van der Waals surface area contributed by atoms with E-state index in [4.69, 9.17) is 9.47 Å². The zero-order valence-electron chi connectivity index (χ0n) is 9.90. The number of nitrogens with one attached hydrogen (secondary N) is 1. The molecule has 0 fully saturated rings. The highest BCUT2D eigenvalue weighted by atomic mass is 16.5. The molecule has 1 aromatic heterocycles. The first kappa shape index (κ1) is 13.0. The minimum atomic E-state index is 0.653. The highest BCUT2D eigenvalue weighted by molar-refractivity contribution is 5.02. The van der Waals surface area contributed by atoms with Crippen molar-refractivity contribution in [3.05, 3.63) is 23.8 Å². The third-order valence-corrected chi connectivity index (χ3v) is 2.08. The summed E-state index contributed by atoms with van der Waals surface area (Å²) in [6, 6.07) is 1.91. The highest BCUT2D eigenvalue weighted by Crippen LogP contribution is 1.96. The molecule has 0 saturated heterocycles. The minimum absolute atomic E-state index is 0.653. The first-order valence-corrected chi connectivity index (χ1v) is 5.36. The molecule has 0 spiro atoms. The maximum absolute atomic E-state index is 4.99. The van der Waals surface area contributed by atoms with Gasteiger partial charge in [0.25, 0.3) is 0 Å². The molecule has 0 bridgehead atoms. The molecule has 5 nitrogen and oxygen atoms in total. The van der Waals surface area contributed by atoms with Gasteiger partial charge in [-0.25, -0.2) is 9.97 Å². The van der Waals surface area contributed by atoms with E-state index in [0.29, 0.717) is 13.2 Å². The largest absolute Gasteiger partial charge is 0.384 e. The van der Waals surface area contributed by atoms with E-state index in [1.54, 1.807) is 20.4 Å². The molecule has 0 atom stereocenters. The van der Waals surface area contributed by atoms with E-state index >= 15 is 0 Å². The Labute approximate surface area is 96.2 Å². The number of ether oxygens (including phenoxy) is 2. The van der Waals surface area contributed by atoms with Crippen molar-refractivity contribution in [2.45, 2.75) is 13.0 Å². The molecule has 1 aromatic rings. The van der Waals surface area contributed by atoms with Gasteiger partial charge in [0.05, 0.1) is 18.9 Å². The van der Waals surface area contributed by atoms with Crippen LogP contribution in [0.4, 0.5) is 0 Å². The summed E-state index contributed by atoms with van der Waals surface area (Å²) in [4.78, 5) is 8.59. The summed E-state index contributed by atoms with van der Waals surface area (Å²) in [5.74, 6) is 0.827. The van der Waals surface area contributed by atoms with Crippen LogP contribution in [0.3, 0.4) is 0 Å². The van der Waals surface area contributed by atoms with E-state index in [9.17, 15) is 0 Å². The number of rotatable bonds is 8. The molecule has 90 valence electrons. The molecule has 0 amide bonds. The summed E-state index contributed by atoms with van der Waals surface area (Å²) < 4.78 is 9.93. The fourth-order valence-corrected chi connectivity index (χ4v) is 1.24. The topological polar surface area (TPSA) is 56.3 Å². The van der Waals surface area contributed by atoms with E-state index in [2.05, 4.69) is 15.3 Å². The molecule has 1 heterocycles. The number of nitrogens with zero attached hydrogens (tertiary/aromatic N) is 2. The van der Waals surface area contributed by atoms with Crippen LogP contribution < -0.4 is 5.32 Å². The van der Waals surface area contributed by atoms with E-state index in [1.165, 1.54) is 0 Å². The van der Waals surface area contributed by atoms with Gasteiger partial charge in [-0.3, -0.25) is 0 Å². The molecular formula is C11H19N3O2. The van der Waals surface area contributed by atoms with Crippen molar-refractivity contribution in [3.8, 4) is 0 Å². The van der Waals surface area contributed by atoms with Crippen molar-refractivity contribution in [1.82, 2.24) is 15.3 Å². The van der Waals surface area contributed by atoms with Crippen LogP contribution in [0.2, 0.25) is 0 Å². The zero-order chi connectivity index (χ0) is 11.6. The molecule has 0 aliphatic rings. The van der Waals surface area contributed by atoms with Gasteiger partial charge in [-0.2, -0.15) is 0 Å². The maximum atomic E-state index is 4.99. The van der Waals surface area contributed by atoms with Gasteiger partial charge in [-0.05, 0) is 6.07 Å². The lowest BCUT2D eigenvalue weighted by molar-refractivity contribution is 0.198. The molecule has 5 heteroatoms. The second-order valence-electron chi connectivity index (χ2n) is 3.38.